The Kier molecular flexibility index (Phi) is 7.82. The van der Waals surface area contributed by atoms with Gasteiger partial charge in [0.05, 0.1) is 0 Å². The second-order valence-corrected chi connectivity index (χ2v) is 5.93. The van der Waals surface area contributed by atoms with E-state index in [1.807, 2.05) is 19.2 Å². The third-order valence-corrected chi connectivity index (χ3v) is 4.49. The summed E-state index contributed by atoms with van der Waals surface area (Å²) >= 11 is 1.63. The maximum Gasteiger partial charge on any atom is 0.315 e. The monoisotopic (exact) mass is 312 g/mol. The highest BCUT2D eigenvalue weighted by Gasteiger charge is 2.09. The lowest BCUT2D eigenvalue weighted by atomic mass is 9.97. The highest BCUT2D eigenvalue weighted by Crippen LogP contribution is 2.15. The van der Waals surface area contributed by atoms with Gasteiger partial charge in [-0.3, -0.25) is 4.79 Å². The summed E-state index contributed by atoms with van der Waals surface area (Å²) in [5, 5.41) is 18.4. The molecule has 0 aromatic carbocycles. The molecule has 0 radical (unpaired) electrons. The predicted octanol–water partition coefficient (Wildman–Crippen LogP) is 3.14. The van der Waals surface area contributed by atoms with Crippen molar-refractivity contribution in [3.63, 3.8) is 0 Å². The van der Waals surface area contributed by atoms with Crippen LogP contribution in [0.2, 0.25) is 0 Å². The number of rotatable bonds is 9. The second kappa shape index (κ2) is 9.39. The summed E-state index contributed by atoms with van der Waals surface area (Å²) in [7, 11) is 0. The molecule has 0 aliphatic heterocycles. The van der Waals surface area contributed by atoms with E-state index in [4.69, 9.17) is 5.11 Å². The van der Waals surface area contributed by atoms with Crippen LogP contribution in [0.15, 0.2) is 10.8 Å². The van der Waals surface area contributed by atoms with E-state index < -0.39 is 5.97 Å². The molecule has 6 heteroatoms. The number of carbonyl (C=O) groups is 2. The average molecular weight is 312 g/mol. The number of carboxylic acids is 1. The lowest BCUT2D eigenvalue weighted by Gasteiger charge is -2.14. The van der Waals surface area contributed by atoms with E-state index in [-0.39, 0.29) is 12.5 Å². The van der Waals surface area contributed by atoms with Gasteiger partial charge in [0.2, 0.25) is 0 Å². The molecule has 1 heterocycles. The average Bonchev–Trinajstić information content (AvgIpc) is 2.85. The van der Waals surface area contributed by atoms with Gasteiger partial charge < -0.3 is 15.7 Å². The molecule has 1 unspecified atom stereocenters. The summed E-state index contributed by atoms with van der Waals surface area (Å²) in [6, 6.07) is -0.173. The van der Waals surface area contributed by atoms with Gasteiger partial charge in [-0.25, -0.2) is 4.79 Å². The summed E-state index contributed by atoms with van der Waals surface area (Å²) in [4.78, 5) is 22.2. The Labute approximate surface area is 129 Å². The molecule has 0 fully saturated rings. The molecule has 5 nitrogen and oxygen atoms in total. The summed E-state index contributed by atoms with van der Waals surface area (Å²) < 4.78 is 0. The molecule has 1 atom stereocenters. The van der Waals surface area contributed by atoms with Crippen LogP contribution in [0.4, 0.5) is 4.79 Å². The predicted molar refractivity (Wildman–Crippen MR) is 84.6 cm³/mol. The molecule has 118 valence electrons. The van der Waals surface area contributed by atoms with E-state index >= 15 is 0 Å². The summed E-state index contributed by atoms with van der Waals surface area (Å²) in [5.41, 5.74) is 2.34. The first-order chi connectivity index (χ1) is 10.0. The van der Waals surface area contributed by atoms with Crippen molar-refractivity contribution in [2.45, 2.75) is 46.1 Å². The van der Waals surface area contributed by atoms with Crippen LogP contribution in [0.25, 0.3) is 0 Å². The summed E-state index contributed by atoms with van der Waals surface area (Å²) in [5.74, 6) is -0.411. The topological polar surface area (TPSA) is 78.4 Å². The quantitative estimate of drug-likeness (QED) is 0.655. The number of amides is 2. The molecule has 0 saturated heterocycles. The second-order valence-electron chi connectivity index (χ2n) is 5.18. The zero-order valence-electron chi connectivity index (χ0n) is 12.6. The van der Waals surface area contributed by atoms with E-state index in [0.29, 0.717) is 25.4 Å². The molecule has 1 rings (SSSR count). The van der Waals surface area contributed by atoms with Crippen molar-refractivity contribution in [2.75, 3.05) is 6.54 Å². The number of hydrogen-bond acceptors (Lipinski definition) is 3. The van der Waals surface area contributed by atoms with Crippen molar-refractivity contribution in [3.8, 4) is 0 Å². The van der Waals surface area contributed by atoms with Crippen LogP contribution in [0.1, 0.15) is 43.7 Å². The zero-order valence-corrected chi connectivity index (χ0v) is 13.5. The van der Waals surface area contributed by atoms with Gasteiger partial charge >= 0.3 is 12.0 Å². The molecule has 0 aliphatic rings. The fourth-order valence-electron chi connectivity index (χ4n) is 2.08. The number of hydrogen-bond donors (Lipinski definition) is 3. The van der Waals surface area contributed by atoms with Crippen molar-refractivity contribution < 1.29 is 14.7 Å². The highest BCUT2D eigenvalue weighted by atomic mass is 32.1. The van der Waals surface area contributed by atoms with Crippen LogP contribution in [-0.4, -0.2) is 23.7 Å². The van der Waals surface area contributed by atoms with Gasteiger partial charge in [-0.1, -0.05) is 13.3 Å². The van der Waals surface area contributed by atoms with Crippen LogP contribution in [0.3, 0.4) is 0 Å². The maximum absolute atomic E-state index is 11.7. The van der Waals surface area contributed by atoms with Gasteiger partial charge in [0.1, 0.15) is 0 Å². The molecule has 1 aromatic rings. The molecular formula is C15H24N2O3S. The Balaban J connectivity index is 2.17. The minimum Gasteiger partial charge on any atom is -0.481 e. The first-order valence-corrected chi connectivity index (χ1v) is 8.22. The number of thiophene rings is 1. The maximum atomic E-state index is 11.7. The Morgan fingerprint density at radius 2 is 2.05 bits per heavy atom. The van der Waals surface area contributed by atoms with Gasteiger partial charge in [-0.2, -0.15) is 11.3 Å². The number of carboxylic acid groups (broad SMARTS) is 1. The summed E-state index contributed by atoms with van der Waals surface area (Å²) in [6.07, 6.45) is 2.62. The number of nitrogens with one attached hydrogen (secondary N) is 2. The smallest absolute Gasteiger partial charge is 0.315 e. The molecule has 0 bridgehead atoms. The van der Waals surface area contributed by atoms with E-state index in [0.717, 1.165) is 18.4 Å². The van der Waals surface area contributed by atoms with Crippen LogP contribution in [0, 0.1) is 12.8 Å². The van der Waals surface area contributed by atoms with Crippen LogP contribution in [-0.2, 0) is 11.3 Å². The standard InChI is InChI=1S/C15H24N2O3S/c1-3-12(4-5-14(18)19)6-7-16-15(20)17-8-13-10-21-9-11(13)2/h9-10,12H,3-8H2,1-2H3,(H,18,19)(H2,16,17,20). The molecule has 0 aliphatic carbocycles. The number of aliphatic carboxylic acids is 1. The molecule has 1 aromatic heterocycles. The molecular weight excluding hydrogens is 288 g/mol. The summed E-state index contributed by atoms with van der Waals surface area (Å²) in [6.45, 7) is 5.19. The minimum atomic E-state index is -0.759. The van der Waals surface area contributed by atoms with Crippen LogP contribution in [0.5, 0.6) is 0 Å². The van der Waals surface area contributed by atoms with E-state index in [2.05, 4.69) is 16.0 Å². The number of aryl methyl sites for hydroxylation is 1. The Morgan fingerprint density at radius 3 is 2.62 bits per heavy atom. The lowest BCUT2D eigenvalue weighted by molar-refractivity contribution is -0.137. The van der Waals surface area contributed by atoms with Crippen LogP contribution < -0.4 is 10.6 Å². The molecule has 0 spiro atoms. The Bertz CT molecular complexity index is 460. The van der Waals surface area contributed by atoms with Crippen LogP contribution >= 0.6 is 11.3 Å². The third-order valence-electron chi connectivity index (χ3n) is 3.58. The highest BCUT2D eigenvalue weighted by molar-refractivity contribution is 7.08. The van der Waals surface area contributed by atoms with Crippen molar-refractivity contribution >= 4 is 23.3 Å². The first-order valence-electron chi connectivity index (χ1n) is 7.28. The van der Waals surface area contributed by atoms with Gasteiger partial charge in [0.15, 0.2) is 0 Å². The van der Waals surface area contributed by atoms with Gasteiger partial charge in [-0.15, -0.1) is 0 Å². The Hall–Kier alpha value is -1.56. The molecule has 3 N–H and O–H groups in total. The van der Waals surface area contributed by atoms with E-state index in [1.54, 1.807) is 11.3 Å². The zero-order chi connectivity index (χ0) is 15.7. The first kappa shape index (κ1) is 17.5. The molecule has 2 amide bonds. The van der Waals surface area contributed by atoms with Gasteiger partial charge in [0, 0.05) is 19.5 Å². The fraction of sp³-hybridized carbons (Fsp3) is 0.600. The van der Waals surface area contributed by atoms with Crippen molar-refractivity contribution in [1.82, 2.24) is 10.6 Å². The van der Waals surface area contributed by atoms with E-state index in [1.165, 1.54) is 5.56 Å². The molecule has 21 heavy (non-hydrogen) atoms. The number of urea groups is 1. The molecule has 0 saturated carbocycles. The van der Waals surface area contributed by atoms with Gasteiger partial charge in [0.25, 0.3) is 0 Å². The minimum absolute atomic E-state index is 0.173. The van der Waals surface area contributed by atoms with Crippen molar-refractivity contribution in [1.29, 1.82) is 0 Å². The SMILES string of the molecule is CCC(CCNC(=O)NCc1cscc1C)CCC(=O)O. The normalized spacial score (nSPS) is 11.9. The lowest BCUT2D eigenvalue weighted by Crippen LogP contribution is -2.36. The fourth-order valence-corrected chi connectivity index (χ4v) is 2.93. The largest absolute Gasteiger partial charge is 0.481 e. The third kappa shape index (κ3) is 7.13. The van der Waals surface area contributed by atoms with E-state index in [9.17, 15) is 9.59 Å². The number of carbonyl (C=O) groups excluding carboxylic acids is 1. The van der Waals surface area contributed by atoms with Gasteiger partial charge in [-0.05, 0) is 47.6 Å². The van der Waals surface area contributed by atoms with Crippen molar-refractivity contribution in [3.05, 3.63) is 21.9 Å². The van der Waals surface area contributed by atoms with Crippen molar-refractivity contribution in [2.24, 2.45) is 5.92 Å². The Morgan fingerprint density at radius 1 is 1.29 bits per heavy atom.